The fourth-order valence-electron chi connectivity index (χ4n) is 2.83. The van der Waals surface area contributed by atoms with Crippen LogP contribution in [0, 0.1) is 5.82 Å². The highest BCUT2D eigenvalue weighted by Gasteiger charge is 2.17. The summed E-state index contributed by atoms with van der Waals surface area (Å²) in [6.45, 7) is 1.08. The van der Waals surface area contributed by atoms with Crippen molar-refractivity contribution in [3.05, 3.63) is 58.9 Å². The minimum absolute atomic E-state index is 0.134. The van der Waals surface area contributed by atoms with Crippen molar-refractivity contribution in [2.24, 2.45) is 0 Å². The Morgan fingerprint density at radius 1 is 1.19 bits per heavy atom. The topological polar surface area (TPSA) is 79.5 Å². The fraction of sp³-hybridized carbons (Fsp3) is 0.263. The molecule has 0 saturated carbocycles. The van der Waals surface area contributed by atoms with E-state index in [9.17, 15) is 14.0 Å². The van der Waals surface area contributed by atoms with Crippen LogP contribution in [0.1, 0.15) is 21.5 Å². The lowest BCUT2D eigenvalue weighted by atomic mass is 9.99. The molecule has 136 valence electrons. The van der Waals surface area contributed by atoms with Gasteiger partial charge in [-0.15, -0.1) is 0 Å². The van der Waals surface area contributed by atoms with Gasteiger partial charge < -0.3 is 20.7 Å². The number of anilines is 1. The summed E-state index contributed by atoms with van der Waals surface area (Å²) in [5.74, 6) is -0.643. The zero-order valence-corrected chi connectivity index (χ0v) is 14.4. The molecule has 0 radical (unpaired) electrons. The molecule has 0 aromatic heterocycles. The van der Waals surface area contributed by atoms with Gasteiger partial charge in [0.1, 0.15) is 11.6 Å². The zero-order valence-electron chi connectivity index (χ0n) is 14.4. The first-order valence-electron chi connectivity index (χ1n) is 8.31. The van der Waals surface area contributed by atoms with Gasteiger partial charge in [0, 0.05) is 12.1 Å². The third-order valence-electron chi connectivity index (χ3n) is 4.24. The second-order valence-corrected chi connectivity index (χ2v) is 5.95. The van der Waals surface area contributed by atoms with E-state index >= 15 is 0 Å². The zero-order chi connectivity index (χ0) is 18.5. The van der Waals surface area contributed by atoms with Crippen molar-refractivity contribution in [2.75, 3.05) is 25.5 Å². The summed E-state index contributed by atoms with van der Waals surface area (Å²) in [6.07, 6.45) is 0.582. The predicted octanol–water partition coefficient (Wildman–Crippen LogP) is 1.85. The third kappa shape index (κ3) is 4.00. The van der Waals surface area contributed by atoms with Gasteiger partial charge in [-0.1, -0.05) is 6.07 Å². The van der Waals surface area contributed by atoms with Gasteiger partial charge in [-0.3, -0.25) is 9.59 Å². The molecule has 0 saturated heterocycles. The van der Waals surface area contributed by atoms with Crippen LogP contribution in [0.2, 0.25) is 0 Å². The maximum Gasteiger partial charge on any atom is 0.251 e. The SMILES string of the molecule is COc1ccc(C(=O)NCC(=O)Nc2ccc3c(c2F)CCNC3)cc1. The van der Waals surface area contributed by atoms with Crippen LogP contribution in [0.5, 0.6) is 5.75 Å². The second kappa shape index (κ2) is 7.97. The number of hydrogen-bond acceptors (Lipinski definition) is 4. The lowest BCUT2D eigenvalue weighted by Gasteiger charge is -2.19. The molecule has 0 atom stereocenters. The van der Waals surface area contributed by atoms with Crippen molar-refractivity contribution in [1.82, 2.24) is 10.6 Å². The highest BCUT2D eigenvalue weighted by atomic mass is 19.1. The van der Waals surface area contributed by atoms with Gasteiger partial charge >= 0.3 is 0 Å². The Morgan fingerprint density at radius 2 is 1.96 bits per heavy atom. The van der Waals surface area contributed by atoms with E-state index in [1.54, 1.807) is 36.4 Å². The quantitative estimate of drug-likeness (QED) is 0.763. The van der Waals surface area contributed by atoms with Crippen LogP contribution in [0.25, 0.3) is 0 Å². The Balaban J connectivity index is 1.58. The molecule has 3 rings (SSSR count). The van der Waals surface area contributed by atoms with Gasteiger partial charge in [0.2, 0.25) is 5.91 Å². The summed E-state index contributed by atoms with van der Waals surface area (Å²) >= 11 is 0. The van der Waals surface area contributed by atoms with E-state index in [-0.39, 0.29) is 18.1 Å². The number of nitrogens with one attached hydrogen (secondary N) is 3. The molecule has 2 amide bonds. The minimum Gasteiger partial charge on any atom is -0.497 e. The first-order valence-corrected chi connectivity index (χ1v) is 8.31. The molecule has 3 N–H and O–H groups in total. The number of amides is 2. The molecule has 2 aromatic rings. The molecule has 0 aliphatic carbocycles. The summed E-state index contributed by atoms with van der Waals surface area (Å²) in [5.41, 5.74) is 2.07. The fourth-order valence-corrected chi connectivity index (χ4v) is 2.83. The number of carbonyl (C=O) groups excluding carboxylic acids is 2. The van der Waals surface area contributed by atoms with E-state index in [0.29, 0.717) is 36.4 Å². The molecular weight excluding hydrogens is 337 g/mol. The Labute approximate surface area is 150 Å². The molecule has 1 heterocycles. The lowest BCUT2D eigenvalue weighted by Crippen LogP contribution is -2.33. The van der Waals surface area contributed by atoms with E-state index in [0.717, 1.165) is 5.56 Å². The second-order valence-electron chi connectivity index (χ2n) is 5.95. The largest absolute Gasteiger partial charge is 0.497 e. The van der Waals surface area contributed by atoms with Crippen LogP contribution in [0.4, 0.5) is 10.1 Å². The molecule has 2 aromatic carbocycles. The Bertz CT molecular complexity index is 822. The molecule has 1 aliphatic rings. The minimum atomic E-state index is -0.486. The number of carbonyl (C=O) groups is 2. The van der Waals surface area contributed by atoms with E-state index in [1.807, 2.05) is 0 Å². The molecule has 7 heteroatoms. The van der Waals surface area contributed by atoms with E-state index in [2.05, 4.69) is 16.0 Å². The van der Waals surface area contributed by atoms with Crippen molar-refractivity contribution >= 4 is 17.5 Å². The van der Waals surface area contributed by atoms with Gasteiger partial charge in [-0.05, 0) is 54.4 Å². The number of rotatable bonds is 5. The first kappa shape index (κ1) is 17.9. The van der Waals surface area contributed by atoms with Crippen LogP contribution in [-0.2, 0) is 17.8 Å². The Kier molecular flexibility index (Phi) is 5.48. The van der Waals surface area contributed by atoms with Crippen molar-refractivity contribution < 1.29 is 18.7 Å². The highest BCUT2D eigenvalue weighted by Crippen LogP contribution is 2.24. The number of fused-ring (bicyclic) bond motifs is 1. The number of hydrogen-bond donors (Lipinski definition) is 3. The summed E-state index contributed by atoms with van der Waals surface area (Å²) in [4.78, 5) is 24.1. The summed E-state index contributed by atoms with van der Waals surface area (Å²) < 4.78 is 19.5. The average molecular weight is 357 g/mol. The van der Waals surface area contributed by atoms with E-state index in [1.165, 1.54) is 7.11 Å². The van der Waals surface area contributed by atoms with Crippen LogP contribution in [0.3, 0.4) is 0 Å². The summed E-state index contributed by atoms with van der Waals surface area (Å²) in [5, 5.41) is 8.20. The van der Waals surface area contributed by atoms with E-state index < -0.39 is 11.7 Å². The molecule has 0 spiro atoms. The molecule has 0 unspecified atom stereocenters. The smallest absolute Gasteiger partial charge is 0.251 e. The lowest BCUT2D eigenvalue weighted by molar-refractivity contribution is -0.115. The normalized spacial score (nSPS) is 12.8. The third-order valence-corrected chi connectivity index (χ3v) is 4.24. The van der Waals surface area contributed by atoms with Crippen molar-refractivity contribution in [3.8, 4) is 5.75 Å². The van der Waals surface area contributed by atoms with E-state index in [4.69, 9.17) is 4.74 Å². The van der Waals surface area contributed by atoms with Gasteiger partial charge in [0.05, 0.1) is 19.3 Å². The Hall–Kier alpha value is -2.93. The first-order chi connectivity index (χ1) is 12.6. The maximum absolute atomic E-state index is 14.5. The monoisotopic (exact) mass is 357 g/mol. The molecule has 0 bridgehead atoms. The number of ether oxygens (including phenoxy) is 1. The molecule has 1 aliphatic heterocycles. The van der Waals surface area contributed by atoms with Gasteiger partial charge in [0.25, 0.3) is 5.91 Å². The van der Waals surface area contributed by atoms with Crippen molar-refractivity contribution in [3.63, 3.8) is 0 Å². The summed E-state index contributed by atoms with van der Waals surface area (Å²) in [7, 11) is 1.54. The predicted molar refractivity (Wildman–Crippen MR) is 95.8 cm³/mol. The summed E-state index contributed by atoms with van der Waals surface area (Å²) in [6, 6.07) is 9.87. The van der Waals surface area contributed by atoms with Crippen LogP contribution < -0.4 is 20.7 Å². The van der Waals surface area contributed by atoms with Crippen LogP contribution in [0.15, 0.2) is 36.4 Å². The van der Waals surface area contributed by atoms with Crippen molar-refractivity contribution in [2.45, 2.75) is 13.0 Å². The molecule has 6 nitrogen and oxygen atoms in total. The highest BCUT2D eigenvalue weighted by molar-refractivity contribution is 5.99. The maximum atomic E-state index is 14.5. The number of halogens is 1. The molecular formula is C19H20FN3O3. The number of benzene rings is 2. The van der Waals surface area contributed by atoms with Crippen molar-refractivity contribution in [1.29, 1.82) is 0 Å². The van der Waals surface area contributed by atoms with Gasteiger partial charge in [0.15, 0.2) is 0 Å². The van der Waals surface area contributed by atoms with Gasteiger partial charge in [-0.2, -0.15) is 0 Å². The van der Waals surface area contributed by atoms with Gasteiger partial charge in [-0.25, -0.2) is 4.39 Å². The number of methoxy groups -OCH3 is 1. The average Bonchev–Trinajstić information content (AvgIpc) is 2.68. The molecule has 26 heavy (non-hydrogen) atoms. The van der Waals surface area contributed by atoms with Crippen LogP contribution in [-0.4, -0.2) is 32.0 Å². The molecule has 0 fully saturated rings. The standard InChI is InChI=1S/C19H20FN3O3/c1-26-14-5-2-12(3-6-14)19(25)22-11-17(24)23-16-7-4-13-10-21-9-8-15(13)18(16)20/h2-7,21H,8-11H2,1H3,(H,22,25)(H,23,24). The Morgan fingerprint density at radius 3 is 2.69 bits per heavy atom. The van der Waals surface area contributed by atoms with Crippen LogP contribution >= 0.6 is 0 Å².